The van der Waals surface area contributed by atoms with E-state index in [1.165, 1.54) is 10.5 Å². The number of anilines is 1. The summed E-state index contributed by atoms with van der Waals surface area (Å²) in [4.78, 5) is 13.4. The summed E-state index contributed by atoms with van der Waals surface area (Å²) in [6.07, 6.45) is 0.547. The Labute approximate surface area is 126 Å². The standard InChI is InChI=1S/C18H22N2O/c1-2-20(15-16-9-5-3-6-10-16)14-13-18(21)19-17-11-7-4-8-12-17/h3-12H,2,13-15H2,1H3,(H,19,21)/p+1. The molecule has 1 unspecified atom stereocenters. The number of carbonyl (C=O) groups is 1. The van der Waals surface area contributed by atoms with Crippen LogP contribution in [-0.2, 0) is 11.3 Å². The van der Waals surface area contributed by atoms with E-state index in [9.17, 15) is 4.79 Å². The number of hydrogen-bond acceptors (Lipinski definition) is 1. The lowest BCUT2D eigenvalue weighted by molar-refractivity contribution is -0.911. The largest absolute Gasteiger partial charge is 0.331 e. The first-order valence-electron chi connectivity index (χ1n) is 7.50. The van der Waals surface area contributed by atoms with Crippen LogP contribution in [0.25, 0.3) is 0 Å². The first-order valence-corrected chi connectivity index (χ1v) is 7.50. The van der Waals surface area contributed by atoms with Crippen LogP contribution >= 0.6 is 0 Å². The van der Waals surface area contributed by atoms with Crippen LogP contribution in [0.4, 0.5) is 5.69 Å². The topological polar surface area (TPSA) is 33.5 Å². The lowest BCUT2D eigenvalue weighted by atomic mass is 10.2. The molecular weight excluding hydrogens is 260 g/mol. The fraction of sp³-hybridized carbons (Fsp3) is 0.278. The number of rotatable bonds is 7. The number of amides is 1. The number of nitrogens with one attached hydrogen (secondary N) is 2. The van der Waals surface area contributed by atoms with Gasteiger partial charge in [0.2, 0.25) is 5.91 Å². The zero-order valence-corrected chi connectivity index (χ0v) is 12.5. The minimum Gasteiger partial charge on any atom is -0.331 e. The summed E-state index contributed by atoms with van der Waals surface area (Å²) in [6.45, 7) is 5.00. The van der Waals surface area contributed by atoms with Gasteiger partial charge in [-0.2, -0.15) is 0 Å². The molecule has 0 heterocycles. The van der Waals surface area contributed by atoms with Gasteiger partial charge in [0.05, 0.1) is 19.5 Å². The van der Waals surface area contributed by atoms with Crippen molar-refractivity contribution in [2.24, 2.45) is 0 Å². The van der Waals surface area contributed by atoms with Gasteiger partial charge >= 0.3 is 0 Å². The molecule has 0 aliphatic carbocycles. The van der Waals surface area contributed by atoms with E-state index >= 15 is 0 Å². The average molecular weight is 283 g/mol. The van der Waals surface area contributed by atoms with E-state index < -0.39 is 0 Å². The summed E-state index contributed by atoms with van der Waals surface area (Å²) >= 11 is 0. The molecular formula is C18H23N2O+. The summed E-state index contributed by atoms with van der Waals surface area (Å²) in [6, 6.07) is 20.0. The Morgan fingerprint density at radius 2 is 1.62 bits per heavy atom. The Morgan fingerprint density at radius 1 is 1.00 bits per heavy atom. The minimum atomic E-state index is 0.0835. The van der Waals surface area contributed by atoms with Gasteiger partial charge in [0.25, 0.3) is 0 Å². The second-order valence-corrected chi connectivity index (χ2v) is 5.18. The molecule has 0 saturated heterocycles. The van der Waals surface area contributed by atoms with Crippen LogP contribution in [0.5, 0.6) is 0 Å². The maximum Gasteiger partial charge on any atom is 0.230 e. The van der Waals surface area contributed by atoms with Crippen molar-refractivity contribution in [1.29, 1.82) is 0 Å². The summed E-state index contributed by atoms with van der Waals surface area (Å²) < 4.78 is 0. The van der Waals surface area contributed by atoms with E-state index in [1.54, 1.807) is 0 Å². The van der Waals surface area contributed by atoms with Crippen LogP contribution in [0.2, 0.25) is 0 Å². The van der Waals surface area contributed by atoms with Crippen molar-refractivity contribution in [3.63, 3.8) is 0 Å². The third kappa shape index (κ3) is 5.40. The lowest BCUT2D eigenvalue weighted by Gasteiger charge is -2.17. The monoisotopic (exact) mass is 283 g/mol. The van der Waals surface area contributed by atoms with Gasteiger partial charge in [0.15, 0.2) is 0 Å². The molecule has 21 heavy (non-hydrogen) atoms. The van der Waals surface area contributed by atoms with Gasteiger partial charge in [-0.3, -0.25) is 4.79 Å². The molecule has 0 aliphatic heterocycles. The number of carbonyl (C=O) groups excluding carboxylic acids is 1. The second-order valence-electron chi connectivity index (χ2n) is 5.18. The molecule has 3 nitrogen and oxygen atoms in total. The Kier molecular flexibility index (Phi) is 5.98. The minimum absolute atomic E-state index is 0.0835. The molecule has 0 aliphatic rings. The van der Waals surface area contributed by atoms with Gasteiger partial charge in [0.1, 0.15) is 6.54 Å². The van der Waals surface area contributed by atoms with Crippen molar-refractivity contribution in [3.8, 4) is 0 Å². The van der Waals surface area contributed by atoms with E-state index in [1.807, 2.05) is 36.4 Å². The number of quaternary nitrogens is 1. The highest BCUT2D eigenvalue weighted by Gasteiger charge is 2.10. The molecule has 0 saturated carbocycles. The highest BCUT2D eigenvalue weighted by atomic mass is 16.1. The van der Waals surface area contributed by atoms with Gasteiger partial charge < -0.3 is 10.2 Å². The maximum atomic E-state index is 12.0. The van der Waals surface area contributed by atoms with E-state index in [2.05, 4.69) is 36.5 Å². The summed E-state index contributed by atoms with van der Waals surface area (Å²) in [5.74, 6) is 0.0835. The molecule has 1 amide bonds. The van der Waals surface area contributed by atoms with Gasteiger partial charge in [-0.25, -0.2) is 0 Å². The summed E-state index contributed by atoms with van der Waals surface area (Å²) in [5.41, 5.74) is 2.18. The predicted octanol–water partition coefficient (Wildman–Crippen LogP) is 2.12. The molecule has 3 heteroatoms. The third-order valence-electron chi connectivity index (χ3n) is 3.56. The maximum absolute atomic E-state index is 12.0. The fourth-order valence-electron chi connectivity index (χ4n) is 2.31. The molecule has 2 aromatic carbocycles. The molecule has 0 spiro atoms. The second kappa shape index (κ2) is 8.22. The molecule has 0 bridgehead atoms. The SMILES string of the molecule is CC[NH+](CCC(=O)Nc1ccccc1)Cc1ccccc1. The molecule has 2 rings (SSSR count). The van der Waals surface area contributed by atoms with Crippen molar-refractivity contribution in [2.45, 2.75) is 19.9 Å². The zero-order chi connectivity index (χ0) is 14.9. The van der Waals surface area contributed by atoms with Crippen LogP contribution in [0.1, 0.15) is 18.9 Å². The van der Waals surface area contributed by atoms with E-state index in [0.29, 0.717) is 6.42 Å². The van der Waals surface area contributed by atoms with Crippen molar-refractivity contribution in [1.82, 2.24) is 0 Å². The molecule has 0 fully saturated rings. The quantitative estimate of drug-likeness (QED) is 0.802. The van der Waals surface area contributed by atoms with Crippen LogP contribution in [0.15, 0.2) is 60.7 Å². The third-order valence-corrected chi connectivity index (χ3v) is 3.56. The van der Waals surface area contributed by atoms with E-state index in [4.69, 9.17) is 0 Å². The van der Waals surface area contributed by atoms with Crippen molar-refractivity contribution in [2.75, 3.05) is 18.4 Å². The highest BCUT2D eigenvalue weighted by Crippen LogP contribution is 2.04. The Morgan fingerprint density at radius 3 is 2.24 bits per heavy atom. The van der Waals surface area contributed by atoms with Crippen LogP contribution in [0, 0.1) is 0 Å². The molecule has 110 valence electrons. The number of hydrogen-bond donors (Lipinski definition) is 2. The average Bonchev–Trinajstić information content (AvgIpc) is 2.53. The summed E-state index contributed by atoms with van der Waals surface area (Å²) in [5, 5.41) is 2.93. The van der Waals surface area contributed by atoms with Gasteiger partial charge in [-0.1, -0.05) is 48.5 Å². The normalized spacial score (nSPS) is 11.9. The van der Waals surface area contributed by atoms with Crippen LogP contribution in [0.3, 0.4) is 0 Å². The fourth-order valence-corrected chi connectivity index (χ4v) is 2.31. The van der Waals surface area contributed by atoms with Crippen molar-refractivity contribution < 1.29 is 9.69 Å². The van der Waals surface area contributed by atoms with E-state index in [0.717, 1.165) is 25.3 Å². The smallest absolute Gasteiger partial charge is 0.230 e. The summed E-state index contributed by atoms with van der Waals surface area (Å²) in [7, 11) is 0. The first kappa shape index (κ1) is 15.3. The van der Waals surface area contributed by atoms with Crippen molar-refractivity contribution >= 4 is 11.6 Å². The molecule has 0 aromatic heterocycles. The number of benzene rings is 2. The first-order chi connectivity index (χ1) is 10.3. The Balaban J connectivity index is 1.79. The lowest BCUT2D eigenvalue weighted by Crippen LogP contribution is -3.10. The van der Waals surface area contributed by atoms with Gasteiger partial charge in [-0.05, 0) is 19.1 Å². The van der Waals surface area contributed by atoms with Crippen molar-refractivity contribution in [3.05, 3.63) is 66.2 Å². The molecule has 1 atom stereocenters. The molecule has 0 radical (unpaired) electrons. The Hall–Kier alpha value is -2.13. The highest BCUT2D eigenvalue weighted by molar-refractivity contribution is 5.90. The van der Waals surface area contributed by atoms with Gasteiger partial charge in [-0.15, -0.1) is 0 Å². The number of para-hydroxylation sites is 1. The van der Waals surface area contributed by atoms with Gasteiger partial charge in [0, 0.05) is 11.3 Å². The van der Waals surface area contributed by atoms with E-state index in [-0.39, 0.29) is 5.91 Å². The Bertz CT molecular complexity index is 540. The predicted molar refractivity (Wildman–Crippen MR) is 86.2 cm³/mol. The zero-order valence-electron chi connectivity index (χ0n) is 12.5. The molecule has 2 aromatic rings. The molecule has 2 N–H and O–H groups in total. The van der Waals surface area contributed by atoms with Crippen LogP contribution < -0.4 is 10.2 Å². The van der Waals surface area contributed by atoms with Crippen LogP contribution in [-0.4, -0.2) is 19.0 Å².